The molecule has 0 spiro atoms. The maximum Gasteiger partial charge on any atom is 0.343 e. The summed E-state index contributed by atoms with van der Waals surface area (Å²) < 4.78 is 6.10. The van der Waals surface area contributed by atoms with Crippen molar-refractivity contribution in [3.8, 4) is 5.75 Å². The topological polar surface area (TPSA) is 140 Å². The fourth-order valence-electron chi connectivity index (χ4n) is 3.43. The molecule has 0 aliphatic rings. The third-order valence-electron chi connectivity index (χ3n) is 5.42. The van der Waals surface area contributed by atoms with E-state index in [9.17, 15) is 24.5 Å². The molecule has 0 heterocycles. The highest BCUT2D eigenvalue weighted by Gasteiger charge is 2.15. The third kappa shape index (κ3) is 7.76. The minimum Gasteiger partial charge on any atom is -0.422 e. The fraction of sp³-hybridized carbons (Fsp3) is 0. The van der Waals surface area contributed by atoms with Crippen LogP contribution in [0.5, 0.6) is 5.75 Å². The largest absolute Gasteiger partial charge is 0.422 e. The van der Waals surface area contributed by atoms with Crippen LogP contribution >= 0.6 is 39.1 Å². The summed E-state index contributed by atoms with van der Waals surface area (Å²) in [6, 6.07) is 20.4. The zero-order valence-corrected chi connectivity index (χ0v) is 23.7. The number of esters is 1. The number of hydrazone groups is 1. The molecule has 4 rings (SSSR count). The SMILES string of the molecule is O=C(NN=Cc1cc(Br)ccc1OC(=O)c1ccc([N+](=O)[O-])cc1)c1cccc(NC(=O)c2ccc(Cl)cc2Cl)c1. The minimum absolute atomic E-state index is 0.111. The Balaban J connectivity index is 1.43. The van der Waals surface area contributed by atoms with Crippen LogP contribution in [0.1, 0.15) is 36.6 Å². The van der Waals surface area contributed by atoms with Crippen molar-refractivity contribution in [3.63, 3.8) is 0 Å². The Hall–Kier alpha value is -4.58. The number of rotatable bonds is 8. The van der Waals surface area contributed by atoms with E-state index in [1.165, 1.54) is 66.9 Å². The molecule has 0 atom stereocenters. The first-order chi connectivity index (χ1) is 19.6. The maximum atomic E-state index is 12.7. The van der Waals surface area contributed by atoms with Gasteiger partial charge in [-0.2, -0.15) is 5.10 Å². The van der Waals surface area contributed by atoms with E-state index < -0.39 is 22.7 Å². The minimum atomic E-state index is -0.736. The number of halogens is 3. The van der Waals surface area contributed by atoms with Gasteiger partial charge in [0.1, 0.15) is 5.75 Å². The standard InChI is InChI=1S/C28H17BrCl2N4O6/c29-19-6-11-25(41-28(38)16-4-8-22(9-5-16)35(39)40)18(12-19)15-32-34-26(36)17-2-1-3-21(13-17)33-27(37)23-10-7-20(30)14-24(23)31/h1-15H,(H,33,37)(H,34,36). The van der Waals surface area contributed by atoms with Gasteiger partial charge >= 0.3 is 5.97 Å². The Morgan fingerprint density at radius 2 is 1.66 bits per heavy atom. The molecule has 0 saturated carbocycles. The number of benzene rings is 4. The number of non-ortho nitro benzene ring substituents is 1. The van der Waals surface area contributed by atoms with Gasteiger partial charge in [0.05, 0.1) is 27.3 Å². The molecule has 0 radical (unpaired) electrons. The predicted octanol–water partition coefficient (Wildman–Crippen LogP) is 6.90. The first kappa shape index (κ1) is 29.4. The van der Waals surface area contributed by atoms with Gasteiger partial charge in [0.2, 0.25) is 0 Å². The first-order valence-electron chi connectivity index (χ1n) is 11.6. The molecule has 2 amide bonds. The summed E-state index contributed by atoms with van der Waals surface area (Å²) in [4.78, 5) is 48.1. The first-order valence-corrected chi connectivity index (χ1v) is 13.1. The second kappa shape index (κ2) is 13.2. The number of nitrogens with zero attached hydrogens (tertiary/aromatic N) is 2. The van der Waals surface area contributed by atoms with E-state index in [1.54, 1.807) is 24.3 Å². The molecule has 0 aliphatic heterocycles. The van der Waals surface area contributed by atoms with E-state index in [2.05, 4.69) is 31.8 Å². The summed E-state index contributed by atoms with van der Waals surface area (Å²) in [5, 5.41) is 18.1. The van der Waals surface area contributed by atoms with Crippen molar-refractivity contribution >= 4 is 74.5 Å². The summed E-state index contributed by atoms with van der Waals surface area (Å²) in [5.74, 6) is -1.64. The van der Waals surface area contributed by atoms with E-state index >= 15 is 0 Å². The third-order valence-corrected chi connectivity index (χ3v) is 6.46. The van der Waals surface area contributed by atoms with Gasteiger partial charge in [-0.05, 0) is 66.7 Å². The van der Waals surface area contributed by atoms with Crippen LogP contribution in [-0.4, -0.2) is 28.9 Å². The lowest BCUT2D eigenvalue weighted by Gasteiger charge is -2.09. The molecule has 0 bridgehead atoms. The maximum absolute atomic E-state index is 12.7. The molecule has 0 unspecified atom stereocenters. The molecule has 0 aromatic heterocycles. The van der Waals surface area contributed by atoms with Crippen molar-refractivity contribution in [1.82, 2.24) is 5.43 Å². The van der Waals surface area contributed by atoms with Gasteiger partial charge in [0.25, 0.3) is 17.5 Å². The van der Waals surface area contributed by atoms with Crippen LogP contribution in [0.25, 0.3) is 0 Å². The average Bonchev–Trinajstić information content (AvgIpc) is 2.94. The van der Waals surface area contributed by atoms with E-state index in [-0.39, 0.29) is 33.1 Å². The number of carbonyl (C=O) groups is 3. The van der Waals surface area contributed by atoms with Gasteiger partial charge in [0, 0.05) is 38.4 Å². The number of nitro benzene ring substituents is 1. The van der Waals surface area contributed by atoms with Crippen molar-refractivity contribution in [3.05, 3.63) is 132 Å². The lowest BCUT2D eigenvalue weighted by atomic mass is 10.1. The van der Waals surface area contributed by atoms with Gasteiger partial charge in [-0.1, -0.05) is 45.2 Å². The van der Waals surface area contributed by atoms with E-state index in [4.69, 9.17) is 27.9 Å². The molecule has 206 valence electrons. The van der Waals surface area contributed by atoms with E-state index in [0.717, 1.165) is 0 Å². The van der Waals surface area contributed by atoms with Crippen LogP contribution in [0.15, 0.2) is 94.5 Å². The molecule has 0 fully saturated rings. The van der Waals surface area contributed by atoms with Gasteiger partial charge < -0.3 is 10.1 Å². The normalized spacial score (nSPS) is 10.7. The highest BCUT2D eigenvalue weighted by molar-refractivity contribution is 9.10. The van der Waals surface area contributed by atoms with Gasteiger partial charge in [-0.25, -0.2) is 10.2 Å². The van der Waals surface area contributed by atoms with Gasteiger partial charge in [-0.3, -0.25) is 19.7 Å². The molecule has 0 saturated heterocycles. The molecular weight excluding hydrogens is 639 g/mol. The molecule has 0 aliphatic carbocycles. The Labute approximate surface area is 251 Å². The summed E-state index contributed by atoms with van der Waals surface area (Å²) >= 11 is 15.3. The molecule has 13 heteroatoms. The lowest BCUT2D eigenvalue weighted by Crippen LogP contribution is -2.18. The number of hydrogen-bond acceptors (Lipinski definition) is 7. The molecule has 4 aromatic carbocycles. The quantitative estimate of drug-likeness (QED) is 0.0696. The Morgan fingerprint density at radius 3 is 2.37 bits per heavy atom. The van der Waals surface area contributed by atoms with Crippen molar-refractivity contribution in [2.24, 2.45) is 5.10 Å². The van der Waals surface area contributed by atoms with Crippen LogP contribution in [0.4, 0.5) is 11.4 Å². The fourth-order valence-corrected chi connectivity index (χ4v) is 4.30. The summed E-state index contributed by atoms with van der Waals surface area (Å²) in [7, 11) is 0. The number of amides is 2. The van der Waals surface area contributed by atoms with Crippen molar-refractivity contribution in [2.45, 2.75) is 0 Å². The second-order valence-electron chi connectivity index (χ2n) is 8.23. The number of carbonyl (C=O) groups excluding carboxylic acids is 3. The van der Waals surface area contributed by atoms with Crippen molar-refractivity contribution in [1.29, 1.82) is 0 Å². The highest BCUT2D eigenvalue weighted by Crippen LogP contribution is 2.24. The van der Waals surface area contributed by atoms with Crippen molar-refractivity contribution in [2.75, 3.05) is 5.32 Å². The Morgan fingerprint density at radius 1 is 0.902 bits per heavy atom. The zero-order chi connectivity index (χ0) is 29.5. The molecular formula is C28H17BrCl2N4O6. The summed E-state index contributed by atoms with van der Waals surface area (Å²) in [6.07, 6.45) is 1.29. The molecule has 10 nitrogen and oxygen atoms in total. The Kier molecular flexibility index (Phi) is 9.45. The summed E-state index contributed by atoms with van der Waals surface area (Å²) in [6.45, 7) is 0. The van der Waals surface area contributed by atoms with Crippen molar-refractivity contribution < 1.29 is 24.0 Å². The van der Waals surface area contributed by atoms with Crippen LogP contribution in [-0.2, 0) is 0 Å². The highest BCUT2D eigenvalue weighted by atomic mass is 79.9. The number of nitro groups is 1. The molecule has 2 N–H and O–H groups in total. The molecule has 41 heavy (non-hydrogen) atoms. The number of anilines is 1. The zero-order valence-electron chi connectivity index (χ0n) is 20.6. The Bertz CT molecular complexity index is 1700. The van der Waals surface area contributed by atoms with E-state index in [0.29, 0.717) is 20.7 Å². The van der Waals surface area contributed by atoms with Crippen LogP contribution < -0.4 is 15.5 Å². The van der Waals surface area contributed by atoms with Crippen LogP contribution in [0, 0.1) is 10.1 Å². The summed E-state index contributed by atoms with van der Waals surface area (Å²) in [5.41, 5.74) is 3.47. The number of nitrogens with one attached hydrogen (secondary N) is 2. The molecule has 4 aromatic rings. The lowest BCUT2D eigenvalue weighted by molar-refractivity contribution is -0.384. The number of ether oxygens (including phenoxy) is 1. The predicted molar refractivity (Wildman–Crippen MR) is 158 cm³/mol. The average molecular weight is 656 g/mol. The van der Waals surface area contributed by atoms with Gasteiger partial charge in [-0.15, -0.1) is 0 Å². The second-order valence-corrected chi connectivity index (χ2v) is 9.99. The van der Waals surface area contributed by atoms with E-state index in [1.807, 2.05) is 0 Å². The smallest absolute Gasteiger partial charge is 0.343 e. The van der Waals surface area contributed by atoms with Crippen LogP contribution in [0.2, 0.25) is 10.0 Å². The van der Waals surface area contributed by atoms with Crippen LogP contribution in [0.3, 0.4) is 0 Å². The monoisotopic (exact) mass is 654 g/mol. The van der Waals surface area contributed by atoms with Gasteiger partial charge in [0.15, 0.2) is 0 Å². The number of hydrogen-bond donors (Lipinski definition) is 2.